The van der Waals surface area contributed by atoms with E-state index in [1.54, 1.807) is 0 Å². The molecule has 0 radical (unpaired) electrons. The molecule has 3 nitrogen and oxygen atoms in total. The first-order valence-corrected chi connectivity index (χ1v) is 4.45. The summed E-state index contributed by atoms with van der Waals surface area (Å²) >= 11 is 0. The predicted octanol–water partition coefficient (Wildman–Crippen LogP) is 1.66. The van der Waals surface area contributed by atoms with E-state index in [0.717, 1.165) is 12.8 Å². The van der Waals surface area contributed by atoms with Crippen molar-refractivity contribution in [2.45, 2.75) is 45.3 Å². The van der Waals surface area contributed by atoms with Crippen molar-refractivity contribution in [2.24, 2.45) is 5.92 Å². The first kappa shape index (κ1) is 9.52. The van der Waals surface area contributed by atoms with Crippen LogP contribution in [0.5, 0.6) is 0 Å². The standard InChI is InChI=1S/C9H16O3/c1-6-3-7(2)12-8(4-6)5-9(10)11/h6-8H,3-5H2,1-2H3,(H,10,11)/t6-,7+,8+/m1/s1. The number of carboxylic acids is 1. The maximum Gasteiger partial charge on any atom is 0.305 e. The first-order chi connectivity index (χ1) is 5.58. The lowest BCUT2D eigenvalue weighted by atomic mass is 9.93. The fraction of sp³-hybridized carbons (Fsp3) is 0.889. The zero-order valence-electron chi connectivity index (χ0n) is 7.62. The van der Waals surface area contributed by atoms with E-state index in [4.69, 9.17) is 9.84 Å². The van der Waals surface area contributed by atoms with Crippen LogP contribution in [0.4, 0.5) is 0 Å². The van der Waals surface area contributed by atoms with Crippen LogP contribution in [0, 0.1) is 5.92 Å². The molecule has 1 aliphatic rings. The Balaban J connectivity index is 2.38. The Morgan fingerprint density at radius 2 is 2.17 bits per heavy atom. The van der Waals surface area contributed by atoms with Gasteiger partial charge in [-0.25, -0.2) is 0 Å². The van der Waals surface area contributed by atoms with Gasteiger partial charge < -0.3 is 9.84 Å². The van der Waals surface area contributed by atoms with Crippen LogP contribution in [0.3, 0.4) is 0 Å². The highest BCUT2D eigenvalue weighted by atomic mass is 16.5. The van der Waals surface area contributed by atoms with Gasteiger partial charge in [0.05, 0.1) is 18.6 Å². The molecule has 1 saturated heterocycles. The van der Waals surface area contributed by atoms with Gasteiger partial charge in [0.25, 0.3) is 0 Å². The Bertz CT molecular complexity index is 157. The Kier molecular flexibility index (Phi) is 3.09. The molecular formula is C9H16O3. The summed E-state index contributed by atoms with van der Waals surface area (Å²) in [6.45, 7) is 4.15. The smallest absolute Gasteiger partial charge is 0.305 e. The molecule has 3 atom stereocenters. The third-order valence-corrected chi connectivity index (χ3v) is 2.23. The van der Waals surface area contributed by atoms with Crippen LogP contribution in [0.15, 0.2) is 0 Å². The third-order valence-electron chi connectivity index (χ3n) is 2.23. The molecule has 70 valence electrons. The van der Waals surface area contributed by atoms with Gasteiger partial charge in [0.2, 0.25) is 0 Å². The molecule has 0 unspecified atom stereocenters. The van der Waals surface area contributed by atoms with Crippen molar-refractivity contribution >= 4 is 5.97 Å². The molecule has 0 bridgehead atoms. The van der Waals surface area contributed by atoms with Gasteiger partial charge in [0.1, 0.15) is 0 Å². The Labute approximate surface area is 72.7 Å². The lowest BCUT2D eigenvalue weighted by Gasteiger charge is -2.31. The van der Waals surface area contributed by atoms with E-state index in [1.165, 1.54) is 0 Å². The minimum absolute atomic E-state index is 0.0683. The van der Waals surface area contributed by atoms with Crippen LogP contribution in [-0.2, 0) is 9.53 Å². The van der Waals surface area contributed by atoms with Crippen molar-refractivity contribution in [1.29, 1.82) is 0 Å². The minimum Gasteiger partial charge on any atom is -0.481 e. The lowest BCUT2D eigenvalue weighted by molar-refractivity contribution is -0.143. The topological polar surface area (TPSA) is 46.5 Å². The summed E-state index contributed by atoms with van der Waals surface area (Å²) in [5.41, 5.74) is 0. The van der Waals surface area contributed by atoms with Gasteiger partial charge in [0, 0.05) is 0 Å². The van der Waals surface area contributed by atoms with Crippen LogP contribution in [-0.4, -0.2) is 23.3 Å². The van der Waals surface area contributed by atoms with Crippen molar-refractivity contribution in [3.05, 3.63) is 0 Å². The summed E-state index contributed by atoms with van der Waals surface area (Å²) < 4.78 is 5.49. The highest BCUT2D eigenvalue weighted by Gasteiger charge is 2.25. The Hall–Kier alpha value is -0.570. The molecule has 1 rings (SSSR count). The van der Waals surface area contributed by atoms with Crippen molar-refractivity contribution in [3.8, 4) is 0 Å². The van der Waals surface area contributed by atoms with E-state index < -0.39 is 5.97 Å². The minimum atomic E-state index is -0.763. The fourth-order valence-corrected chi connectivity index (χ4v) is 1.88. The molecule has 0 aromatic heterocycles. The van der Waals surface area contributed by atoms with Crippen LogP contribution in [0.2, 0.25) is 0 Å². The molecule has 1 fully saturated rings. The average molecular weight is 172 g/mol. The summed E-state index contributed by atoms with van der Waals surface area (Å²) in [6.07, 6.45) is 2.24. The number of aliphatic carboxylic acids is 1. The molecule has 0 amide bonds. The average Bonchev–Trinajstić information content (AvgIpc) is 1.81. The van der Waals surface area contributed by atoms with E-state index in [1.807, 2.05) is 6.92 Å². The molecular weight excluding hydrogens is 156 g/mol. The fourth-order valence-electron chi connectivity index (χ4n) is 1.88. The van der Waals surface area contributed by atoms with Crippen LogP contribution in [0.25, 0.3) is 0 Å². The van der Waals surface area contributed by atoms with E-state index >= 15 is 0 Å². The Morgan fingerprint density at radius 1 is 1.50 bits per heavy atom. The number of hydrogen-bond donors (Lipinski definition) is 1. The van der Waals surface area contributed by atoms with Crippen molar-refractivity contribution in [1.82, 2.24) is 0 Å². The molecule has 1 N–H and O–H groups in total. The molecule has 0 aromatic carbocycles. The second-order valence-corrected chi connectivity index (χ2v) is 3.74. The van der Waals surface area contributed by atoms with Gasteiger partial charge in [0.15, 0.2) is 0 Å². The number of carboxylic acid groups (broad SMARTS) is 1. The first-order valence-electron chi connectivity index (χ1n) is 4.45. The molecule has 3 heteroatoms. The lowest BCUT2D eigenvalue weighted by Crippen LogP contribution is -2.31. The van der Waals surface area contributed by atoms with E-state index in [-0.39, 0.29) is 18.6 Å². The second-order valence-electron chi connectivity index (χ2n) is 3.74. The normalized spacial score (nSPS) is 36.3. The zero-order chi connectivity index (χ0) is 9.14. The largest absolute Gasteiger partial charge is 0.481 e. The van der Waals surface area contributed by atoms with E-state index in [2.05, 4.69) is 6.92 Å². The monoisotopic (exact) mass is 172 g/mol. The summed E-state index contributed by atoms with van der Waals surface area (Å²) in [5.74, 6) is -0.167. The quantitative estimate of drug-likeness (QED) is 0.689. The summed E-state index contributed by atoms with van der Waals surface area (Å²) in [6, 6.07) is 0. The number of rotatable bonds is 2. The Morgan fingerprint density at radius 3 is 2.67 bits per heavy atom. The number of hydrogen-bond acceptors (Lipinski definition) is 2. The van der Waals surface area contributed by atoms with Crippen molar-refractivity contribution < 1.29 is 14.6 Å². The van der Waals surface area contributed by atoms with Gasteiger partial charge >= 0.3 is 5.97 Å². The maximum absolute atomic E-state index is 10.4. The van der Waals surface area contributed by atoms with Gasteiger partial charge in [-0.3, -0.25) is 4.79 Å². The molecule has 1 heterocycles. The zero-order valence-corrected chi connectivity index (χ0v) is 7.62. The number of carbonyl (C=O) groups is 1. The maximum atomic E-state index is 10.4. The highest BCUT2D eigenvalue weighted by Crippen LogP contribution is 2.25. The molecule has 0 saturated carbocycles. The van der Waals surface area contributed by atoms with Crippen LogP contribution < -0.4 is 0 Å². The van der Waals surface area contributed by atoms with Crippen molar-refractivity contribution in [2.75, 3.05) is 0 Å². The second kappa shape index (κ2) is 3.90. The molecule has 0 aliphatic carbocycles. The van der Waals surface area contributed by atoms with Gasteiger partial charge in [-0.05, 0) is 25.7 Å². The van der Waals surface area contributed by atoms with Crippen molar-refractivity contribution in [3.63, 3.8) is 0 Å². The van der Waals surface area contributed by atoms with E-state index in [9.17, 15) is 4.79 Å². The van der Waals surface area contributed by atoms with Gasteiger partial charge in [-0.15, -0.1) is 0 Å². The summed E-state index contributed by atoms with van der Waals surface area (Å²) in [7, 11) is 0. The summed E-state index contributed by atoms with van der Waals surface area (Å²) in [4.78, 5) is 10.4. The van der Waals surface area contributed by atoms with E-state index in [0.29, 0.717) is 5.92 Å². The highest BCUT2D eigenvalue weighted by molar-refractivity contribution is 5.67. The van der Waals surface area contributed by atoms with Gasteiger partial charge in [-0.1, -0.05) is 6.92 Å². The SMILES string of the molecule is C[C@H]1C[C@@H](CC(=O)O)O[C@@H](C)C1. The van der Waals surface area contributed by atoms with Crippen LogP contribution in [0.1, 0.15) is 33.1 Å². The molecule has 1 aliphatic heterocycles. The number of ether oxygens (including phenoxy) is 1. The summed E-state index contributed by atoms with van der Waals surface area (Å²) in [5, 5.41) is 8.56. The van der Waals surface area contributed by atoms with Crippen LogP contribution >= 0.6 is 0 Å². The third kappa shape index (κ3) is 2.81. The predicted molar refractivity (Wildman–Crippen MR) is 45.0 cm³/mol. The molecule has 12 heavy (non-hydrogen) atoms. The molecule has 0 spiro atoms. The molecule has 0 aromatic rings. The van der Waals surface area contributed by atoms with Gasteiger partial charge in [-0.2, -0.15) is 0 Å².